The van der Waals surface area contributed by atoms with Crippen LogP contribution in [0.3, 0.4) is 0 Å². The van der Waals surface area contributed by atoms with E-state index in [9.17, 15) is 0 Å². The first-order valence-electron chi connectivity index (χ1n) is 5.64. The quantitative estimate of drug-likeness (QED) is 0.875. The topological polar surface area (TPSA) is 48.1 Å². The highest BCUT2D eigenvalue weighted by Gasteiger charge is 1.96. The number of hydrogen-bond donors (Lipinski definition) is 1. The largest absolute Gasteiger partial charge is 0.477 e. The van der Waals surface area contributed by atoms with Crippen LogP contribution in [0.25, 0.3) is 0 Å². The Morgan fingerprint density at radius 2 is 1.88 bits per heavy atom. The Balaban J connectivity index is 1.83. The van der Waals surface area contributed by atoms with Crippen LogP contribution in [0.5, 0.6) is 5.88 Å². The number of ether oxygens (including phenoxy) is 1. The standard InChI is InChI=1S/C14H16N2O/c1-11-2-4-12(5-3-11)8-9-17-14-7-6-13(15)10-16-14/h2-7,10H,8-9,15H2,1H3. The smallest absolute Gasteiger partial charge is 0.213 e. The van der Waals surface area contributed by atoms with Crippen molar-refractivity contribution in [2.45, 2.75) is 13.3 Å². The van der Waals surface area contributed by atoms with Gasteiger partial charge in [0, 0.05) is 12.5 Å². The van der Waals surface area contributed by atoms with Crippen molar-refractivity contribution in [1.82, 2.24) is 4.98 Å². The zero-order valence-corrected chi connectivity index (χ0v) is 9.89. The summed E-state index contributed by atoms with van der Waals surface area (Å²) in [6.45, 7) is 2.71. The average Bonchev–Trinajstić information content (AvgIpc) is 2.34. The molecule has 0 saturated heterocycles. The summed E-state index contributed by atoms with van der Waals surface area (Å²) in [5.41, 5.74) is 8.73. The van der Waals surface area contributed by atoms with Crippen molar-refractivity contribution in [3.8, 4) is 5.88 Å². The van der Waals surface area contributed by atoms with Crippen molar-refractivity contribution in [1.29, 1.82) is 0 Å². The van der Waals surface area contributed by atoms with Crippen LogP contribution in [-0.2, 0) is 6.42 Å². The lowest BCUT2D eigenvalue weighted by Crippen LogP contribution is -2.02. The fraction of sp³-hybridized carbons (Fsp3) is 0.214. The van der Waals surface area contributed by atoms with E-state index in [1.54, 1.807) is 18.3 Å². The van der Waals surface area contributed by atoms with Gasteiger partial charge in [0.2, 0.25) is 5.88 Å². The van der Waals surface area contributed by atoms with Gasteiger partial charge in [-0.05, 0) is 18.6 Å². The molecule has 1 aromatic carbocycles. The molecule has 2 N–H and O–H groups in total. The lowest BCUT2D eigenvalue weighted by atomic mass is 10.1. The molecule has 0 aliphatic rings. The summed E-state index contributed by atoms with van der Waals surface area (Å²) >= 11 is 0. The maximum Gasteiger partial charge on any atom is 0.213 e. The molecule has 0 radical (unpaired) electrons. The molecule has 17 heavy (non-hydrogen) atoms. The minimum absolute atomic E-state index is 0.617. The number of aryl methyl sites for hydroxylation is 1. The lowest BCUT2D eigenvalue weighted by molar-refractivity contribution is 0.309. The molecule has 88 valence electrons. The van der Waals surface area contributed by atoms with Gasteiger partial charge in [-0.1, -0.05) is 29.8 Å². The number of nitrogens with two attached hydrogens (primary N) is 1. The molecule has 3 nitrogen and oxygen atoms in total. The molecular weight excluding hydrogens is 212 g/mol. The van der Waals surface area contributed by atoms with Crippen molar-refractivity contribution in [3.63, 3.8) is 0 Å². The van der Waals surface area contributed by atoms with Gasteiger partial charge in [0.1, 0.15) is 0 Å². The molecule has 0 aliphatic carbocycles. The number of benzene rings is 1. The maximum absolute atomic E-state index is 5.54. The molecule has 1 heterocycles. The van der Waals surface area contributed by atoms with Gasteiger partial charge in [-0.3, -0.25) is 0 Å². The molecule has 2 rings (SSSR count). The molecule has 0 bridgehead atoms. The molecular formula is C14H16N2O. The molecule has 3 heteroatoms. The fourth-order valence-electron chi connectivity index (χ4n) is 1.51. The van der Waals surface area contributed by atoms with E-state index in [1.807, 2.05) is 0 Å². The average molecular weight is 228 g/mol. The first kappa shape index (κ1) is 11.5. The molecule has 0 saturated carbocycles. The van der Waals surface area contributed by atoms with Crippen LogP contribution in [0.15, 0.2) is 42.6 Å². The Morgan fingerprint density at radius 3 is 2.53 bits per heavy atom. The Bertz CT molecular complexity index is 417. The zero-order valence-electron chi connectivity index (χ0n) is 9.89. The normalized spacial score (nSPS) is 10.2. The van der Waals surface area contributed by atoms with Gasteiger partial charge in [-0.2, -0.15) is 0 Å². The van der Waals surface area contributed by atoms with Gasteiger partial charge in [-0.25, -0.2) is 4.98 Å². The third-order valence-corrected chi connectivity index (χ3v) is 2.52. The van der Waals surface area contributed by atoms with E-state index in [0.29, 0.717) is 18.2 Å². The molecule has 0 aliphatic heterocycles. The number of nitrogen functional groups attached to an aromatic ring is 1. The Kier molecular flexibility index (Phi) is 3.60. The predicted octanol–water partition coefficient (Wildman–Crippen LogP) is 2.59. The van der Waals surface area contributed by atoms with Crippen molar-refractivity contribution < 1.29 is 4.74 Å². The van der Waals surface area contributed by atoms with Gasteiger partial charge in [0.25, 0.3) is 0 Å². The number of rotatable bonds is 4. The Morgan fingerprint density at radius 1 is 1.12 bits per heavy atom. The van der Waals surface area contributed by atoms with Crippen LogP contribution in [0.2, 0.25) is 0 Å². The van der Waals surface area contributed by atoms with Gasteiger partial charge in [0.15, 0.2) is 0 Å². The van der Waals surface area contributed by atoms with Crippen LogP contribution < -0.4 is 10.5 Å². The predicted molar refractivity (Wildman–Crippen MR) is 69.0 cm³/mol. The molecule has 0 fully saturated rings. The second-order valence-electron chi connectivity index (χ2n) is 4.01. The molecule has 0 spiro atoms. The van der Waals surface area contributed by atoms with E-state index in [2.05, 4.69) is 36.2 Å². The summed E-state index contributed by atoms with van der Waals surface area (Å²) in [6.07, 6.45) is 2.48. The highest BCUT2D eigenvalue weighted by molar-refractivity contribution is 5.35. The van der Waals surface area contributed by atoms with Crippen LogP contribution in [0.1, 0.15) is 11.1 Å². The minimum Gasteiger partial charge on any atom is -0.477 e. The van der Waals surface area contributed by atoms with Gasteiger partial charge >= 0.3 is 0 Å². The van der Waals surface area contributed by atoms with Crippen molar-refractivity contribution in [2.24, 2.45) is 0 Å². The van der Waals surface area contributed by atoms with E-state index in [0.717, 1.165) is 6.42 Å². The molecule has 2 aromatic rings. The SMILES string of the molecule is Cc1ccc(CCOc2ccc(N)cn2)cc1. The number of pyridine rings is 1. The first-order chi connectivity index (χ1) is 8.24. The van der Waals surface area contributed by atoms with Crippen molar-refractivity contribution in [3.05, 3.63) is 53.7 Å². The third kappa shape index (κ3) is 3.48. The number of aromatic nitrogens is 1. The third-order valence-electron chi connectivity index (χ3n) is 2.52. The van der Waals surface area contributed by atoms with E-state index in [1.165, 1.54) is 11.1 Å². The van der Waals surface area contributed by atoms with Gasteiger partial charge in [-0.15, -0.1) is 0 Å². The lowest BCUT2D eigenvalue weighted by Gasteiger charge is -2.05. The van der Waals surface area contributed by atoms with Gasteiger partial charge < -0.3 is 10.5 Å². The van der Waals surface area contributed by atoms with Crippen LogP contribution in [0, 0.1) is 6.92 Å². The maximum atomic E-state index is 5.54. The molecule has 0 atom stereocenters. The number of anilines is 1. The molecule has 0 amide bonds. The van der Waals surface area contributed by atoms with E-state index in [4.69, 9.17) is 10.5 Å². The fourth-order valence-corrected chi connectivity index (χ4v) is 1.51. The zero-order chi connectivity index (χ0) is 12.1. The summed E-state index contributed by atoms with van der Waals surface area (Å²) in [4.78, 5) is 4.08. The van der Waals surface area contributed by atoms with E-state index in [-0.39, 0.29) is 0 Å². The second-order valence-corrected chi connectivity index (χ2v) is 4.01. The minimum atomic E-state index is 0.617. The van der Waals surface area contributed by atoms with Crippen LogP contribution in [0.4, 0.5) is 5.69 Å². The molecule has 0 unspecified atom stereocenters. The summed E-state index contributed by atoms with van der Waals surface area (Å²) in [7, 11) is 0. The van der Waals surface area contributed by atoms with E-state index < -0.39 is 0 Å². The summed E-state index contributed by atoms with van der Waals surface area (Å²) < 4.78 is 5.53. The summed E-state index contributed by atoms with van der Waals surface area (Å²) in [6, 6.07) is 12.0. The highest BCUT2D eigenvalue weighted by atomic mass is 16.5. The number of nitrogens with zero attached hydrogens (tertiary/aromatic N) is 1. The van der Waals surface area contributed by atoms with Crippen LogP contribution in [-0.4, -0.2) is 11.6 Å². The second kappa shape index (κ2) is 5.34. The molecule has 1 aromatic heterocycles. The van der Waals surface area contributed by atoms with Crippen molar-refractivity contribution >= 4 is 5.69 Å². The first-order valence-corrected chi connectivity index (χ1v) is 5.64. The van der Waals surface area contributed by atoms with E-state index >= 15 is 0 Å². The monoisotopic (exact) mass is 228 g/mol. The summed E-state index contributed by atoms with van der Waals surface area (Å²) in [5, 5.41) is 0. The number of hydrogen-bond acceptors (Lipinski definition) is 3. The van der Waals surface area contributed by atoms with Gasteiger partial charge in [0.05, 0.1) is 18.5 Å². The highest BCUT2D eigenvalue weighted by Crippen LogP contribution is 2.09. The van der Waals surface area contributed by atoms with Crippen molar-refractivity contribution in [2.75, 3.05) is 12.3 Å². The Hall–Kier alpha value is -2.03. The van der Waals surface area contributed by atoms with Crippen LogP contribution >= 0.6 is 0 Å². The Labute approximate surface area is 101 Å². The summed E-state index contributed by atoms with van der Waals surface area (Å²) in [5.74, 6) is 0.617.